The fourth-order valence-corrected chi connectivity index (χ4v) is 2.60. The molecule has 0 aromatic heterocycles. The van der Waals surface area contributed by atoms with Crippen LogP contribution in [0.3, 0.4) is 0 Å². The van der Waals surface area contributed by atoms with Gasteiger partial charge in [-0.3, -0.25) is 0 Å². The second-order valence-corrected chi connectivity index (χ2v) is 5.48. The Hall–Kier alpha value is -1.33. The average Bonchev–Trinajstić information content (AvgIpc) is 2.41. The highest BCUT2D eigenvalue weighted by molar-refractivity contribution is 5.29. The van der Waals surface area contributed by atoms with E-state index in [1.165, 1.54) is 16.7 Å². The smallest absolute Gasteiger partial charge is 0.0655 e. The van der Waals surface area contributed by atoms with Crippen molar-refractivity contribution in [3.8, 4) is 6.07 Å². The summed E-state index contributed by atoms with van der Waals surface area (Å²) in [5, 5.41) is 12.5. The van der Waals surface area contributed by atoms with E-state index in [-0.39, 0.29) is 0 Å². The van der Waals surface area contributed by atoms with Crippen LogP contribution in [0.15, 0.2) is 18.2 Å². The maximum atomic E-state index is 8.87. The van der Waals surface area contributed by atoms with Gasteiger partial charge in [0.25, 0.3) is 0 Å². The SMILES string of the molecule is Cc1ccc(CNC2CCC(C#N)CC2)cc1C. The van der Waals surface area contributed by atoms with E-state index in [2.05, 4.69) is 43.4 Å². The summed E-state index contributed by atoms with van der Waals surface area (Å²) in [6.45, 7) is 5.26. The molecule has 0 amide bonds. The van der Waals surface area contributed by atoms with Gasteiger partial charge in [0.15, 0.2) is 0 Å². The van der Waals surface area contributed by atoms with E-state index in [9.17, 15) is 0 Å². The number of rotatable bonds is 3. The lowest BCUT2D eigenvalue weighted by molar-refractivity contribution is 0.331. The fourth-order valence-electron chi connectivity index (χ4n) is 2.60. The highest BCUT2D eigenvalue weighted by Gasteiger charge is 2.20. The quantitative estimate of drug-likeness (QED) is 0.881. The Balaban J connectivity index is 1.82. The maximum Gasteiger partial charge on any atom is 0.0655 e. The van der Waals surface area contributed by atoms with Crippen molar-refractivity contribution >= 4 is 0 Å². The molecule has 1 saturated carbocycles. The molecule has 2 rings (SSSR count). The van der Waals surface area contributed by atoms with Crippen LogP contribution >= 0.6 is 0 Å². The lowest BCUT2D eigenvalue weighted by atomic mass is 9.87. The van der Waals surface area contributed by atoms with Crippen LogP contribution < -0.4 is 5.32 Å². The summed E-state index contributed by atoms with van der Waals surface area (Å²) in [5.74, 6) is 0.296. The third-order valence-corrected chi connectivity index (χ3v) is 4.08. The molecule has 1 fully saturated rings. The standard InChI is InChI=1S/C16H22N2/c1-12-3-4-15(9-13(12)2)11-18-16-7-5-14(10-17)6-8-16/h3-4,9,14,16,18H,5-8,11H2,1-2H3. The molecule has 0 unspecified atom stereocenters. The molecular formula is C16H22N2. The molecule has 0 bridgehead atoms. The van der Waals surface area contributed by atoms with Crippen molar-refractivity contribution in [3.05, 3.63) is 34.9 Å². The van der Waals surface area contributed by atoms with Gasteiger partial charge in [-0.25, -0.2) is 0 Å². The normalized spacial score (nSPS) is 23.6. The lowest BCUT2D eigenvalue weighted by Gasteiger charge is -2.25. The van der Waals surface area contributed by atoms with Crippen molar-refractivity contribution in [3.63, 3.8) is 0 Å². The largest absolute Gasteiger partial charge is 0.310 e. The number of nitrogens with one attached hydrogen (secondary N) is 1. The maximum absolute atomic E-state index is 8.87. The van der Waals surface area contributed by atoms with Gasteiger partial charge in [-0.2, -0.15) is 5.26 Å². The molecule has 2 heteroatoms. The summed E-state index contributed by atoms with van der Waals surface area (Å²) in [6, 6.07) is 9.64. The van der Waals surface area contributed by atoms with Crippen LogP contribution in [0.1, 0.15) is 42.4 Å². The van der Waals surface area contributed by atoms with Gasteiger partial charge in [0, 0.05) is 18.5 Å². The Kier molecular flexibility index (Phi) is 4.38. The summed E-state index contributed by atoms with van der Waals surface area (Å²) in [4.78, 5) is 0. The Bertz CT molecular complexity index is 437. The number of nitrogens with zero attached hydrogens (tertiary/aromatic N) is 1. The molecule has 1 N–H and O–H groups in total. The van der Waals surface area contributed by atoms with Gasteiger partial charge >= 0.3 is 0 Å². The minimum Gasteiger partial charge on any atom is -0.310 e. The number of aryl methyl sites for hydroxylation is 2. The van der Waals surface area contributed by atoms with Crippen molar-refractivity contribution in [2.75, 3.05) is 0 Å². The Morgan fingerprint density at radius 2 is 1.89 bits per heavy atom. The number of hydrogen-bond acceptors (Lipinski definition) is 2. The van der Waals surface area contributed by atoms with Gasteiger partial charge < -0.3 is 5.32 Å². The van der Waals surface area contributed by atoms with Crippen molar-refractivity contribution in [2.24, 2.45) is 5.92 Å². The first-order chi connectivity index (χ1) is 8.69. The summed E-state index contributed by atoms with van der Waals surface area (Å²) >= 11 is 0. The van der Waals surface area contributed by atoms with Crippen molar-refractivity contribution in [1.82, 2.24) is 5.32 Å². The van der Waals surface area contributed by atoms with Crippen molar-refractivity contribution < 1.29 is 0 Å². The topological polar surface area (TPSA) is 35.8 Å². The minimum absolute atomic E-state index is 0.296. The van der Waals surface area contributed by atoms with E-state index in [1.807, 2.05) is 0 Å². The molecule has 0 radical (unpaired) electrons. The van der Waals surface area contributed by atoms with Crippen LogP contribution in [0.2, 0.25) is 0 Å². The van der Waals surface area contributed by atoms with E-state index in [1.54, 1.807) is 0 Å². The van der Waals surface area contributed by atoms with Crippen molar-refractivity contribution in [1.29, 1.82) is 5.26 Å². The highest BCUT2D eigenvalue weighted by Crippen LogP contribution is 2.23. The molecule has 0 saturated heterocycles. The third-order valence-electron chi connectivity index (χ3n) is 4.08. The highest BCUT2D eigenvalue weighted by atomic mass is 14.9. The first-order valence-corrected chi connectivity index (χ1v) is 6.88. The third kappa shape index (κ3) is 3.34. The van der Waals surface area contributed by atoms with Crippen LogP contribution in [0.5, 0.6) is 0 Å². The van der Waals surface area contributed by atoms with Gasteiger partial charge in [-0.15, -0.1) is 0 Å². The van der Waals surface area contributed by atoms with Gasteiger partial charge in [-0.1, -0.05) is 18.2 Å². The number of nitriles is 1. The van der Waals surface area contributed by atoms with Crippen LogP contribution in [0.4, 0.5) is 0 Å². The first kappa shape index (κ1) is 13.1. The summed E-state index contributed by atoms with van der Waals surface area (Å²) < 4.78 is 0. The second kappa shape index (κ2) is 6.02. The number of hydrogen-bond donors (Lipinski definition) is 1. The predicted molar refractivity (Wildman–Crippen MR) is 74.1 cm³/mol. The molecule has 1 aromatic rings. The molecule has 1 aromatic carbocycles. The summed E-state index contributed by atoms with van der Waals surface area (Å²) in [6.07, 6.45) is 4.40. The van der Waals surface area contributed by atoms with E-state index in [0.717, 1.165) is 32.2 Å². The molecule has 2 nitrogen and oxygen atoms in total. The molecule has 1 aliphatic rings. The van der Waals surface area contributed by atoms with Crippen molar-refractivity contribution in [2.45, 2.75) is 52.1 Å². The van der Waals surface area contributed by atoms with Crippen LogP contribution in [0, 0.1) is 31.1 Å². The first-order valence-electron chi connectivity index (χ1n) is 6.88. The Morgan fingerprint density at radius 3 is 2.50 bits per heavy atom. The Morgan fingerprint density at radius 1 is 1.17 bits per heavy atom. The molecule has 0 aliphatic heterocycles. The van der Waals surface area contributed by atoms with Gasteiger partial charge in [-0.05, 0) is 56.2 Å². The van der Waals surface area contributed by atoms with E-state index in [4.69, 9.17) is 5.26 Å². The number of benzene rings is 1. The second-order valence-electron chi connectivity index (χ2n) is 5.48. The predicted octanol–water partition coefficient (Wildman–Crippen LogP) is 3.48. The molecule has 1 aliphatic carbocycles. The fraction of sp³-hybridized carbons (Fsp3) is 0.562. The zero-order valence-corrected chi connectivity index (χ0v) is 11.4. The van der Waals surface area contributed by atoms with Gasteiger partial charge in [0.05, 0.1) is 6.07 Å². The van der Waals surface area contributed by atoms with E-state index < -0.39 is 0 Å². The zero-order chi connectivity index (χ0) is 13.0. The summed E-state index contributed by atoms with van der Waals surface area (Å²) in [7, 11) is 0. The van der Waals surface area contributed by atoms with Gasteiger partial charge in [0.2, 0.25) is 0 Å². The Labute approximate surface area is 110 Å². The summed E-state index contributed by atoms with van der Waals surface area (Å²) in [5.41, 5.74) is 4.08. The molecular weight excluding hydrogens is 220 g/mol. The van der Waals surface area contributed by atoms with Crippen LogP contribution in [0.25, 0.3) is 0 Å². The molecule has 0 heterocycles. The lowest BCUT2D eigenvalue weighted by Crippen LogP contribution is -2.32. The molecule has 0 spiro atoms. The van der Waals surface area contributed by atoms with E-state index >= 15 is 0 Å². The van der Waals surface area contributed by atoms with Crippen LogP contribution in [-0.4, -0.2) is 6.04 Å². The van der Waals surface area contributed by atoms with E-state index in [0.29, 0.717) is 12.0 Å². The van der Waals surface area contributed by atoms with Crippen LogP contribution in [-0.2, 0) is 6.54 Å². The zero-order valence-electron chi connectivity index (χ0n) is 11.4. The molecule has 96 valence electrons. The molecule has 0 atom stereocenters. The molecule has 18 heavy (non-hydrogen) atoms. The minimum atomic E-state index is 0.296. The van der Waals surface area contributed by atoms with Gasteiger partial charge in [0.1, 0.15) is 0 Å². The average molecular weight is 242 g/mol. The monoisotopic (exact) mass is 242 g/mol.